The van der Waals surface area contributed by atoms with E-state index in [1.165, 1.54) is 23.1 Å². The van der Waals surface area contributed by atoms with Gasteiger partial charge in [0.2, 0.25) is 11.8 Å². The van der Waals surface area contributed by atoms with Crippen molar-refractivity contribution in [1.29, 1.82) is 0 Å². The molecule has 0 bridgehead atoms. The Balaban J connectivity index is 1.73. The first-order chi connectivity index (χ1) is 13.8. The standard InChI is InChI=1S/C21H22F3N3O2/c1-27(13-18(28)26-17-10-6-5-9-16(17)21(22,23)24)19(14-7-3-2-4-8-14)20(29)25-15-11-12-15/h2-10,15,19H,11-13H2,1H3,(H,25,29)(H,26,28)/t19-/m1/s1. The molecule has 0 aliphatic heterocycles. The number of nitrogens with zero attached hydrogens (tertiary/aromatic N) is 1. The summed E-state index contributed by atoms with van der Waals surface area (Å²) in [5.41, 5.74) is -0.518. The molecule has 2 aromatic carbocycles. The van der Waals surface area contributed by atoms with E-state index in [1.54, 1.807) is 31.3 Å². The van der Waals surface area contributed by atoms with Crippen molar-refractivity contribution in [3.8, 4) is 0 Å². The first kappa shape index (κ1) is 20.9. The molecule has 1 fully saturated rings. The Bertz CT molecular complexity index is 867. The van der Waals surface area contributed by atoms with E-state index in [2.05, 4.69) is 10.6 Å². The van der Waals surface area contributed by atoms with E-state index in [4.69, 9.17) is 0 Å². The Labute approximate surface area is 166 Å². The van der Waals surface area contributed by atoms with Crippen molar-refractivity contribution in [2.45, 2.75) is 31.1 Å². The highest BCUT2D eigenvalue weighted by molar-refractivity contribution is 5.93. The summed E-state index contributed by atoms with van der Waals surface area (Å²) in [7, 11) is 1.60. The number of carbonyl (C=O) groups is 2. The summed E-state index contributed by atoms with van der Waals surface area (Å²) >= 11 is 0. The van der Waals surface area contributed by atoms with Crippen molar-refractivity contribution in [2.24, 2.45) is 0 Å². The lowest BCUT2D eigenvalue weighted by molar-refractivity contribution is -0.137. The zero-order valence-electron chi connectivity index (χ0n) is 15.9. The Hall–Kier alpha value is -2.87. The van der Waals surface area contributed by atoms with Crippen LogP contribution in [0.2, 0.25) is 0 Å². The van der Waals surface area contributed by atoms with E-state index in [1.807, 2.05) is 6.07 Å². The van der Waals surface area contributed by atoms with Crippen LogP contribution in [-0.4, -0.2) is 36.3 Å². The van der Waals surface area contributed by atoms with Gasteiger partial charge in [0.1, 0.15) is 6.04 Å². The van der Waals surface area contributed by atoms with Crippen molar-refractivity contribution in [2.75, 3.05) is 18.9 Å². The molecular weight excluding hydrogens is 383 g/mol. The van der Waals surface area contributed by atoms with Crippen LogP contribution in [0.4, 0.5) is 18.9 Å². The molecule has 0 aromatic heterocycles. The lowest BCUT2D eigenvalue weighted by Gasteiger charge is -2.27. The Morgan fingerprint density at radius 1 is 1.07 bits per heavy atom. The first-order valence-electron chi connectivity index (χ1n) is 9.27. The van der Waals surface area contributed by atoms with E-state index >= 15 is 0 Å². The average Bonchev–Trinajstić information content (AvgIpc) is 3.46. The predicted octanol–water partition coefficient (Wildman–Crippen LogP) is 3.60. The van der Waals surface area contributed by atoms with Crippen LogP contribution in [0.1, 0.15) is 30.0 Å². The zero-order valence-corrected chi connectivity index (χ0v) is 15.9. The molecule has 29 heavy (non-hydrogen) atoms. The van der Waals surface area contributed by atoms with E-state index in [0.717, 1.165) is 18.9 Å². The van der Waals surface area contributed by atoms with Gasteiger partial charge in [-0.05, 0) is 37.6 Å². The summed E-state index contributed by atoms with van der Waals surface area (Å²) in [6.07, 6.45) is -2.73. The molecule has 1 saturated carbocycles. The third kappa shape index (κ3) is 5.57. The number of halogens is 3. The Morgan fingerprint density at radius 2 is 1.69 bits per heavy atom. The molecule has 8 heteroatoms. The van der Waals surface area contributed by atoms with Gasteiger partial charge in [-0.1, -0.05) is 42.5 Å². The quantitative estimate of drug-likeness (QED) is 0.740. The number of hydrogen-bond acceptors (Lipinski definition) is 3. The molecule has 0 heterocycles. The number of likely N-dealkylation sites (N-methyl/N-ethyl adjacent to an activating group) is 1. The monoisotopic (exact) mass is 405 g/mol. The van der Waals surface area contributed by atoms with Crippen LogP contribution in [0.5, 0.6) is 0 Å². The van der Waals surface area contributed by atoms with Gasteiger partial charge in [0.15, 0.2) is 0 Å². The minimum atomic E-state index is -4.58. The fourth-order valence-electron chi connectivity index (χ4n) is 3.10. The maximum absolute atomic E-state index is 13.1. The van der Waals surface area contributed by atoms with Crippen LogP contribution in [0, 0.1) is 0 Å². The van der Waals surface area contributed by atoms with Gasteiger partial charge in [0.25, 0.3) is 0 Å². The van der Waals surface area contributed by atoms with Gasteiger partial charge < -0.3 is 10.6 Å². The molecule has 3 rings (SSSR count). The molecular formula is C21H22F3N3O2. The summed E-state index contributed by atoms with van der Waals surface area (Å²) < 4.78 is 39.4. The largest absolute Gasteiger partial charge is 0.418 e. The molecule has 154 valence electrons. The van der Waals surface area contributed by atoms with Crippen molar-refractivity contribution in [3.05, 3.63) is 65.7 Å². The van der Waals surface area contributed by atoms with Gasteiger partial charge in [-0.25, -0.2) is 0 Å². The van der Waals surface area contributed by atoms with Gasteiger partial charge in [-0.15, -0.1) is 0 Å². The normalized spacial score (nSPS) is 15.1. The topological polar surface area (TPSA) is 61.4 Å². The van der Waals surface area contributed by atoms with Crippen LogP contribution in [0.25, 0.3) is 0 Å². The number of para-hydroxylation sites is 1. The predicted molar refractivity (Wildman–Crippen MR) is 103 cm³/mol. The van der Waals surface area contributed by atoms with Gasteiger partial charge in [0, 0.05) is 6.04 Å². The molecule has 1 aliphatic rings. The Morgan fingerprint density at radius 3 is 2.31 bits per heavy atom. The van der Waals surface area contributed by atoms with Crippen LogP contribution in [0.15, 0.2) is 54.6 Å². The number of hydrogen-bond donors (Lipinski definition) is 2. The van der Waals surface area contributed by atoms with E-state index in [9.17, 15) is 22.8 Å². The fraction of sp³-hybridized carbons (Fsp3) is 0.333. The highest BCUT2D eigenvalue weighted by Crippen LogP contribution is 2.34. The fourth-order valence-corrected chi connectivity index (χ4v) is 3.10. The second-order valence-corrected chi connectivity index (χ2v) is 7.10. The molecule has 2 aromatic rings. The van der Waals surface area contributed by atoms with Crippen LogP contribution in [0.3, 0.4) is 0 Å². The van der Waals surface area contributed by atoms with Crippen LogP contribution in [-0.2, 0) is 15.8 Å². The van der Waals surface area contributed by atoms with E-state index in [0.29, 0.717) is 5.56 Å². The van der Waals surface area contributed by atoms with Crippen molar-refractivity contribution in [1.82, 2.24) is 10.2 Å². The second-order valence-electron chi connectivity index (χ2n) is 7.10. The molecule has 2 N–H and O–H groups in total. The summed E-state index contributed by atoms with van der Waals surface area (Å²) in [5, 5.41) is 5.24. The van der Waals surface area contributed by atoms with E-state index < -0.39 is 23.7 Å². The minimum Gasteiger partial charge on any atom is -0.352 e. The van der Waals surface area contributed by atoms with Crippen LogP contribution < -0.4 is 10.6 Å². The lowest BCUT2D eigenvalue weighted by Crippen LogP contribution is -2.42. The Kier molecular flexibility index (Phi) is 6.22. The molecule has 2 amide bonds. The van der Waals surface area contributed by atoms with Crippen molar-refractivity contribution in [3.63, 3.8) is 0 Å². The van der Waals surface area contributed by atoms with E-state index in [-0.39, 0.29) is 24.2 Å². The number of amides is 2. The molecule has 0 saturated heterocycles. The highest BCUT2D eigenvalue weighted by atomic mass is 19.4. The van der Waals surface area contributed by atoms with Crippen molar-refractivity contribution < 1.29 is 22.8 Å². The third-order valence-corrected chi connectivity index (χ3v) is 4.63. The highest BCUT2D eigenvalue weighted by Gasteiger charge is 2.34. The molecule has 1 atom stereocenters. The number of alkyl halides is 3. The zero-order chi connectivity index (χ0) is 21.0. The number of nitrogens with one attached hydrogen (secondary N) is 2. The SMILES string of the molecule is CN(CC(=O)Nc1ccccc1C(F)(F)F)[C@@H](C(=O)NC1CC1)c1ccccc1. The smallest absolute Gasteiger partial charge is 0.352 e. The maximum Gasteiger partial charge on any atom is 0.418 e. The van der Waals surface area contributed by atoms with Gasteiger partial charge in [0.05, 0.1) is 17.8 Å². The molecule has 0 spiro atoms. The number of benzene rings is 2. The number of anilines is 1. The molecule has 0 radical (unpaired) electrons. The first-order valence-corrected chi connectivity index (χ1v) is 9.27. The summed E-state index contributed by atoms with van der Waals surface area (Å²) in [5.74, 6) is -0.867. The molecule has 5 nitrogen and oxygen atoms in total. The van der Waals surface area contributed by atoms with Gasteiger partial charge >= 0.3 is 6.18 Å². The summed E-state index contributed by atoms with van der Waals surface area (Å²) in [6.45, 7) is -0.246. The van der Waals surface area contributed by atoms with Crippen molar-refractivity contribution >= 4 is 17.5 Å². The molecule has 1 aliphatic carbocycles. The number of rotatable bonds is 7. The van der Waals surface area contributed by atoms with Gasteiger partial charge in [-0.3, -0.25) is 14.5 Å². The van der Waals surface area contributed by atoms with Gasteiger partial charge in [-0.2, -0.15) is 13.2 Å². The maximum atomic E-state index is 13.1. The minimum absolute atomic E-state index is 0.148. The third-order valence-electron chi connectivity index (χ3n) is 4.63. The van der Waals surface area contributed by atoms with Crippen LogP contribution >= 0.6 is 0 Å². The lowest BCUT2D eigenvalue weighted by atomic mass is 10.0. The summed E-state index contributed by atoms with van der Waals surface area (Å²) in [4.78, 5) is 26.7. The number of carbonyl (C=O) groups excluding carboxylic acids is 2. The summed E-state index contributed by atoms with van der Waals surface area (Å²) in [6, 6.07) is 13.2. The second kappa shape index (κ2) is 8.65. The molecule has 0 unspecified atom stereocenters. The average molecular weight is 405 g/mol.